The third kappa shape index (κ3) is 2.45. The first-order chi connectivity index (χ1) is 5.70. The van der Waals surface area contributed by atoms with Crippen LogP contribution in [0, 0.1) is 6.42 Å². The maximum atomic E-state index is 10.6. The van der Waals surface area contributed by atoms with E-state index in [1.54, 1.807) is 0 Å². The van der Waals surface area contributed by atoms with E-state index in [1.165, 1.54) is 0 Å². The van der Waals surface area contributed by atoms with Crippen molar-refractivity contribution in [1.29, 1.82) is 0 Å². The van der Waals surface area contributed by atoms with Crippen LogP contribution in [0.2, 0.25) is 0 Å². The lowest BCUT2D eigenvalue weighted by molar-refractivity contribution is -0.167. The molecule has 0 aliphatic heterocycles. The van der Waals surface area contributed by atoms with E-state index < -0.39 is 11.9 Å². The van der Waals surface area contributed by atoms with Gasteiger partial charge in [0, 0.05) is 0 Å². The molecule has 0 bridgehead atoms. The molecule has 1 saturated carbocycles. The predicted molar refractivity (Wildman–Crippen MR) is 40.3 cm³/mol. The molecule has 0 aromatic rings. The fourth-order valence-electron chi connectivity index (χ4n) is 1.22. The molecule has 1 atom stereocenters. The van der Waals surface area contributed by atoms with Crippen molar-refractivity contribution in [3.05, 3.63) is 6.42 Å². The largest absolute Gasteiger partial charge is 0.473 e. The summed E-state index contributed by atoms with van der Waals surface area (Å²) in [7, 11) is 0. The van der Waals surface area contributed by atoms with Crippen LogP contribution in [0.15, 0.2) is 0 Å². The zero-order valence-electron chi connectivity index (χ0n) is 6.66. The Labute approximate surface area is 70.5 Å². The van der Waals surface area contributed by atoms with E-state index in [1.807, 2.05) is 6.42 Å². The van der Waals surface area contributed by atoms with Crippen LogP contribution in [0.1, 0.15) is 25.7 Å². The van der Waals surface area contributed by atoms with Crippen LogP contribution in [0.5, 0.6) is 0 Å². The fraction of sp³-hybridized carbons (Fsp3) is 0.625. The van der Waals surface area contributed by atoms with Crippen molar-refractivity contribution < 1.29 is 19.4 Å². The quantitative estimate of drug-likeness (QED) is 0.359. The zero-order valence-corrected chi connectivity index (χ0v) is 6.66. The van der Waals surface area contributed by atoms with Crippen molar-refractivity contribution in [3.63, 3.8) is 0 Å². The minimum Gasteiger partial charge on any atom is -0.473 e. The molecule has 0 spiro atoms. The predicted octanol–water partition coefficient (Wildman–Crippen LogP) is 0.761. The summed E-state index contributed by atoms with van der Waals surface area (Å²) in [5.74, 6) is -2.66. The number of carboxylic acids is 1. The lowest BCUT2D eigenvalue weighted by atomic mass is 9.98. The first-order valence-electron chi connectivity index (χ1n) is 3.95. The molecule has 66 valence electrons. The number of ether oxygens (including phenoxy) is 1. The van der Waals surface area contributed by atoms with E-state index in [0.717, 1.165) is 19.3 Å². The molecule has 0 amide bonds. The number of hydrogen-bond donors (Lipinski definition) is 1. The number of rotatable bonds is 1. The number of esters is 1. The van der Waals surface area contributed by atoms with E-state index in [4.69, 9.17) is 5.11 Å². The molecule has 1 N–H and O–H groups in total. The van der Waals surface area contributed by atoms with Gasteiger partial charge in [-0.15, -0.1) is 0 Å². The average Bonchev–Trinajstić information content (AvgIpc) is 2.06. The zero-order chi connectivity index (χ0) is 8.97. The van der Waals surface area contributed by atoms with Gasteiger partial charge in [0.2, 0.25) is 0 Å². The third-order valence-corrected chi connectivity index (χ3v) is 1.81. The number of carboxylic acid groups (broad SMARTS) is 1. The average molecular weight is 171 g/mol. The van der Waals surface area contributed by atoms with Gasteiger partial charge in [0.25, 0.3) is 0 Å². The molecule has 1 aliphatic rings. The van der Waals surface area contributed by atoms with Crippen molar-refractivity contribution in [3.8, 4) is 0 Å². The highest BCUT2D eigenvalue weighted by molar-refractivity contribution is 6.28. The van der Waals surface area contributed by atoms with Crippen molar-refractivity contribution in [2.45, 2.75) is 31.8 Å². The summed E-state index contributed by atoms with van der Waals surface area (Å²) in [5.41, 5.74) is 0. The summed E-state index contributed by atoms with van der Waals surface area (Å²) in [5, 5.41) is 8.23. The monoisotopic (exact) mass is 171 g/mol. The second-order valence-corrected chi connectivity index (χ2v) is 2.79. The molecule has 0 radical (unpaired) electrons. The van der Waals surface area contributed by atoms with Crippen LogP contribution >= 0.6 is 0 Å². The van der Waals surface area contributed by atoms with Crippen molar-refractivity contribution in [1.82, 2.24) is 0 Å². The van der Waals surface area contributed by atoms with Crippen molar-refractivity contribution >= 4 is 11.9 Å². The molecular formula is C8H11O4+. The minimum absolute atomic E-state index is 0.220. The summed E-state index contributed by atoms with van der Waals surface area (Å²) in [4.78, 5) is 20.7. The topological polar surface area (TPSA) is 63.6 Å². The first-order valence-corrected chi connectivity index (χ1v) is 3.95. The molecule has 4 heteroatoms. The van der Waals surface area contributed by atoms with E-state index in [9.17, 15) is 9.59 Å². The minimum atomic E-state index is -1.51. The van der Waals surface area contributed by atoms with Gasteiger partial charge in [-0.3, -0.25) is 0 Å². The Bertz CT molecular complexity index is 181. The van der Waals surface area contributed by atoms with Crippen molar-refractivity contribution in [2.75, 3.05) is 0 Å². The summed E-state index contributed by atoms with van der Waals surface area (Å²) in [6.07, 6.45) is 5.25. The SMILES string of the molecule is O=C(O)C(=O)O[C@@H]1C[CH+]CCC1. The second-order valence-electron chi connectivity index (χ2n) is 2.79. The van der Waals surface area contributed by atoms with Gasteiger partial charge in [-0.1, -0.05) is 0 Å². The van der Waals surface area contributed by atoms with Crippen molar-refractivity contribution in [2.24, 2.45) is 0 Å². The highest BCUT2D eigenvalue weighted by Crippen LogP contribution is 2.19. The van der Waals surface area contributed by atoms with Gasteiger partial charge in [0.05, 0.1) is 12.8 Å². The Morgan fingerprint density at radius 1 is 1.50 bits per heavy atom. The molecule has 1 rings (SSSR count). The van der Waals surface area contributed by atoms with Gasteiger partial charge in [0.15, 0.2) is 0 Å². The van der Waals surface area contributed by atoms with Gasteiger partial charge < -0.3 is 9.84 Å². The Morgan fingerprint density at radius 2 is 2.25 bits per heavy atom. The Kier molecular flexibility index (Phi) is 2.96. The molecule has 0 aromatic heterocycles. The van der Waals surface area contributed by atoms with Crippen LogP contribution < -0.4 is 0 Å². The summed E-state index contributed by atoms with van der Waals surface area (Å²) >= 11 is 0. The summed E-state index contributed by atoms with van der Waals surface area (Å²) in [6, 6.07) is 0. The molecule has 4 nitrogen and oxygen atoms in total. The van der Waals surface area contributed by atoms with Gasteiger partial charge in [0.1, 0.15) is 12.5 Å². The lowest BCUT2D eigenvalue weighted by Gasteiger charge is -2.15. The van der Waals surface area contributed by atoms with E-state index in [2.05, 4.69) is 4.74 Å². The van der Waals surface area contributed by atoms with Gasteiger partial charge in [-0.25, -0.2) is 9.59 Å². The fourth-order valence-corrected chi connectivity index (χ4v) is 1.22. The van der Waals surface area contributed by atoms with E-state index >= 15 is 0 Å². The molecule has 1 fully saturated rings. The maximum Gasteiger partial charge on any atom is 0.417 e. The Balaban J connectivity index is 2.29. The van der Waals surface area contributed by atoms with Crippen LogP contribution in [-0.2, 0) is 14.3 Å². The molecule has 0 saturated heterocycles. The number of aliphatic carboxylic acids is 1. The van der Waals surface area contributed by atoms with Gasteiger partial charge >= 0.3 is 11.9 Å². The van der Waals surface area contributed by atoms with E-state index in [0.29, 0.717) is 6.42 Å². The maximum absolute atomic E-state index is 10.6. The Morgan fingerprint density at radius 3 is 2.75 bits per heavy atom. The summed E-state index contributed by atoms with van der Waals surface area (Å²) in [6.45, 7) is 0. The Hall–Kier alpha value is -1.19. The normalized spacial score (nSPS) is 22.5. The molecule has 12 heavy (non-hydrogen) atoms. The highest BCUT2D eigenvalue weighted by Gasteiger charge is 2.25. The van der Waals surface area contributed by atoms with Gasteiger partial charge in [-0.05, 0) is 12.8 Å². The van der Waals surface area contributed by atoms with E-state index in [-0.39, 0.29) is 6.10 Å². The van der Waals surface area contributed by atoms with Gasteiger partial charge in [-0.2, -0.15) is 0 Å². The smallest absolute Gasteiger partial charge is 0.417 e. The third-order valence-electron chi connectivity index (χ3n) is 1.81. The standard InChI is InChI=1S/C8H10O4/c9-7(10)8(11)12-6-4-2-1-3-5-6/h2,6H,1,3-5H2/p+1/t6-/m1/s1. The number of carbonyl (C=O) groups excluding carboxylic acids is 1. The second kappa shape index (κ2) is 3.99. The molecule has 0 unspecified atom stereocenters. The molecule has 0 aromatic carbocycles. The highest BCUT2D eigenvalue weighted by atomic mass is 16.6. The van der Waals surface area contributed by atoms with Crippen LogP contribution in [-0.4, -0.2) is 23.1 Å². The van der Waals surface area contributed by atoms with Crippen LogP contribution in [0.3, 0.4) is 0 Å². The number of hydrogen-bond acceptors (Lipinski definition) is 3. The van der Waals surface area contributed by atoms with Crippen LogP contribution in [0.25, 0.3) is 0 Å². The lowest BCUT2D eigenvalue weighted by Crippen LogP contribution is -2.25. The molecule has 1 aliphatic carbocycles. The first kappa shape index (κ1) is 8.90. The van der Waals surface area contributed by atoms with Crippen LogP contribution in [0.4, 0.5) is 0 Å². The molecule has 0 heterocycles. The summed E-state index contributed by atoms with van der Waals surface area (Å²) < 4.78 is 4.68. The molecular weight excluding hydrogens is 160 g/mol. The number of carbonyl (C=O) groups is 2.